The molecule has 0 unspecified atom stereocenters. The number of aliphatic imine (C=N–C) groups is 1. The predicted octanol–water partition coefficient (Wildman–Crippen LogP) is 4.29. The third-order valence-electron chi connectivity index (χ3n) is 4.24. The van der Waals surface area contributed by atoms with Crippen LogP contribution in [0.15, 0.2) is 61.8 Å². The van der Waals surface area contributed by atoms with Gasteiger partial charge < -0.3 is 0 Å². The lowest BCUT2D eigenvalue weighted by molar-refractivity contribution is -0.113. The van der Waals surface area contributed by atoms with Crippen molar-refractivity contribution in [3.8, 4) is 0 Å². The van der Waals surface area contributed by atoms with Gasteiger partial charge in [0.1, 0.15) is 5.84 Å². The van der Waals surface area contributed by atoms with Crippen molar-refractivity contribution < 1.29 is 13.2 Å². The lowest BCUT2D eigenvalue weighted by Gasteiger charge is -2.20. The smallest absolute Gasteiger partial charge is 0.283 e. The summed E-state index contributed by atoms with van der Waals surface area (Å²) in [5, 5.41) is 0. The SMILES string of the molecule is CC(N=C1C=C(C(C)C)C(=O)C(C(C)C)=C1)=NS(=O)(=O)c1ccc(C)cc1. The Morgan fingerprint density at radius 1 is 0.926 bits per heavy atom. The average Bonchev–Trinajstić information content (AvgIpc) is 2.55. The van der Waals surface area contributed by atoms with E-state index < -0.39 is 10.0 Å². The van der Waals surface area contributed by atoms with Gasteiger partial charge in [0.05, 0.1) is 10.6 Å². The number of amidine groups is 1. The normalized spacial score (nSPS) is 15.9. The minimum absolute atomic E-state index is 0.0285. The van der Waals surface area contributed by atoms with Gasteiger partial charge in [-0.15, -0.1) is 4.40 Å². The summed E-state index contributed by atoms with van der Waals surface area (Å²) in [6.45, 7) is 11.2. The van der Waals surface area contributed by atoms with Gasteiger partial charge in [-0.1, -0.05) is 45.4 Å². The molecule has 0 aliphatic heterocycles. The minimum atomic E-state index is -3.82. The van der Waals surface area contributed by atoms with Crippen molar-refractivity contribution in [3.05, 3.63) is 53.1 Å². The summed E-state index contributed by atoms with van der Waals surface area (Å²) < 4.78 is 28.7. The molecule has 2 rings (SSSR count). The van der Waals surface area contributed by atoms with Gasteiger partial charge in [-0.05, 0) is 50.0 Å². The summed E-state index contributed by atoms with van der Waals surface area (Å²) in [6, 6.07) is 6.51. The molecule has 0 bridgehead atoms. The molecule has 1 aromatic rings. The molecule has 0 atom stereocenters. The second-order valence-corrected chi connectivity index (χ2v) is 8.91. The Labute approximate surface area is 161 Å². The maximum Gasteiger partial charge on any atom is 0.283 e. The Morgan fingerprint density at radius 2 is 1.41 bits per heavy atom. The molecule has 1 aliphatic rings. The van der Waals surface area contributed by atoms with Crippen molar-refractivity contribution >= 4 is 27.4 Å². The largest absolute Gasteiger partial charge is 0.289 e. The number of hydrogen-bond donors (Lipinski definition) is 0. The highest BCUT2D eigenvalue weighted by Gasteiger charge is 2.24. The zero-order valence-corrected chi connectivity index (χ0v) is 17.5. The fourth-order valence-electron chi connectivity index (χ4n) is 2.72. The fourth-order valence-corrected chi connectivity index (χ4v) is 3.70. The number of nitrogens with zero attached hydrogens (tertiary/aromatic N) is 2. The van der Waals surface area contributed by atoms with Crippen molar-refractivity contribution in [3.63, 3.8) is 0 Å². The van der Waals surface area contributed by atoms with E-state index >= 15 is 0 Å². The van der Waals surface area contributed by atoms with Gasteiger partial charge >= 0.3 is 0 Å². The molecule has 27 heavy (non-hydrogen) atoms. The average molecular weight is 387 g/mol. The van der Waals surface area contributed by atoms with Gasteiger partial charge in [-0.3, -0.25) is 4.79 Å². The Kier molecular flexibility index (Phi) is 6.31. The van der Waals surface area contributed by atoms with Crippen LogP contribution >= 0.6 is 0 Å². The van der Waals surface area contributed by atoms with Crippen LogP contribution in [0.2, 0.25) is 0 Å². The standard InChI is InChI=1S/C21H26N2O3S/c1-13(2)19-11-17(12-20(14(3)4)21(19)24)22-16(6)23-27(25,26)18-9-7-15(5)8-10-18/h7-14H,1-6H3. The molecule has 5 nitrogen and oxygen atoms in total. The Hall–Kier alpha value is -2.34. The Morgan fingerprint density at radius 3 is 1.85 bits per heavy atom. The Balaban J connectivity index is 2.44. The minimum Gasteiger partial charge on any atom is -0.289 e. The first kappa shape index (κ1) is 21.0. The number of Topliss-reactive ketones (excluding diaryl/α,β-unsaturated/α-hetero) is 1. The summed E-state index contributed by atoms with van der Waals surface area (Å²) >= 11 is 0. The second kappa shape index (κ2) is 8.13. The van der Waals surface area contributed by atoms with Crippen molar-refractivity contribution in [1.82, 2.24) is 0 Å². The van der Waals surface area contributed by atoms with Crippen molar-refractivity contribution in [2.45, 2.75) is 46.4 Å². The highest BCUT2D eigenvalue weighted by Crippen LogP contribution is 2.25. The van der Waals surface area contributed by atoms with Gasteiger partial charge in [-0.2, -0.15) is 8.42 Å². The topological polar surface area (TPSA) is 75.9 Å². The molecule has 6 heteroatoms. The number of rotatable bonds is 4. The molecule has 1 aliphatic carbocycles. The Bertz CT molecular complexity index is 931. The number of allylic oxidation sites excluding steroid dienone is 4. The second-order valence-electron chi connectivity index (χ2n) is 7.30. The molecule has 0 fully saturated rings. The summed E-state index contributed by atoms with van der Waals surface area (Å²) in [6.07, 6.45) is 3.44. The number of carbonyl (C=O) groups excluding carboxylic acids is 1. The molecule has 0 heterocycles. The van der Waals surface area contributed by atoms with Crippen LogP contribution < -0.4 is 0 Å². The van der Waals surface area contributed by atoms with Gasteiger partial charge in [0.25, 0.3) is 10.0 Å². The molecule has 144 valence electrons. The van der Waals surface area contributed by atoms with Crippen LogP contribution in [0.5, 0.6) is 0 Å². The highest BCUT2D eigenvalue weighted by molar-refractivity contribution is 7.90. The summed E-state index contributed by atoms with van der Waals surface area (Å²) in [5.74, 6) is 0.261. The first-order valence-corrected chi connectivity index (χ1v) is 10.4. The molecule has 0 radical (unpaired) electrons. The third kappa shape index (κ3) is 5.10. The van der Waals surface area contributed by atoms with E-state index in [9.17, 15) is 13.2 Å². The van der Waals surface area contributed by atoms with Crippen LogP contribution in [0.3, 0.4) is 0 Å². The van der Waals surface area contributed by atoms with Crippen molar-refractivity contribution in [2.24, 2.45) is 21.2 Å². The van der Waals surface area contributed by atoms with E-state index in [1.807, 2.05) is 34.6 Å². The molecular formula is C21H26N2O3S. The maximum absolute atomic E-state index is 12.6. The van der Waals surface area contributed by atoms with E-state index in [2.05, 4.69) is 9.39 Å². The number of aryl methyl sites for hydroxylation is 1. The lowest BCUT2D eigenvalue weighted by Crippen LogP contribution is -2.21. The van der Waals surface area contributed by atoms with E-state index in [1.165, 1.54) is 12.1 Å². The van der Waals surface area contributed by atoms with Gasteiger partial charge in [0, 0.05) is 11.1 Å². The number of ketones is 1. The number of sulfonamides is 1. The molecule has 0 spiro atoms. The summed E-state index contributed by atoms with van der Waals surface area (Å²) in [5.41, 5.74) is 2.87. The van der Waals surface area contributed by atoms with Crippen molar-refractivity contribution in [1.29, 1.82) is 0 Å². The molecule has 0 aromatic heterocycles. The quantitative estimate of drug-likeness (QED) is 0.440. The number of carbonyl (C=O) groups is 1. The van der Waals surface area contributed by atoms with E-state index in [0.29, 0.717) is 16.9 Å². The van der Waals surface area contributed by atoms with E-state index in [-0.39, 0.29) is 28.4 Å². The van der Waals surface area contributed by atoms with Crippen LogP contribution in [0.25, 0.3) is 0 Å². The van der Waals surface area contributed by atoms with Crippen LogP contribution in [-0.2, 0) is 14.8 Å². The van der Waals surface area contributed by atoms with Gasteiger partial charge in [0.2, 0.25) is 0 Å². The molecule has 0 saturated heterocycles. The molecular weight excluding hydrogens is 360 g/mol. The number of hydrogen-bond acceptors (Lipinski definition) is 3. The van der Waals surface area contributed by atoms with E-state index in [4.69, 9.17) is 0 Å². The zero-order valence-electron chi connectivity index (χ0n) is 16.6. The van der Waals surface area contributed by atoms with E-state index in [0.717, 1.165) is 5.56 Å². The van der Waals surface area contributed by atoms with Crippen LogP contribution in [0, 0.1) is 18.8 Å². The third-order valence-corrected chi connectivity index (χ3v) is 5.61. The first-order chi connectivity index (χ1) is 12.5. The summed E-state index contributed by atoms with van der Waals surface area (Å²) in [7, 11) is -3.82. The predicted molar refractivity (Wildman–Crippen MR) is 110 cm³/mol. The van der Waals surface area contributed by atoms with Crippen molar-refractivity contribution in [2.75, 3.05) is 0 Å². The molecule has 0 N–H and O–H groups in total. The van der Waals surface area contributed by atoms with Crippen LogP contribution in [-0.4, -0.2) is 25.7 Å². The highest BCUT2D eigenvalue weighted by atomic mass is 32.2. The fraction of sp³-hybridized carbons (Fsp3) is 0.381. The molecule has 1 aromatic carbocycles. The van der Waals surface area contributed by atoms with E-state index in [1.54, 1.807) is 31.2 Å². The van der Waals surface area contributed by atoms with Crippen LogP contribution in [0.4, 0.5) is 0 Å². The number of benzene rings is 1. The van der Waals surface area contributed by atoms with Gasteiger partial charge in [0.15, 0.2) is 5.78 Å². The maximum atomic E-state index is 12.6. The molecule has 0 saturated carbocycles. The molecule has 0 amide bonds. The monoisotopic (exact) mass is 386 g/mol. The first-order valence-electron chi connectivity index (χ1n) is 8.96. The van der Waals surface area contributed by atoms with Gasteiger partial charge in [-0.25, -0.2) is 4.99 Å². The summed E-state index contributed by atoms with van der Waals surface area (Å²) in [4.78, 5) is 17.0. The lowest BCUT2D eigenvalue weighted by atomic mass is 9.84. The van der Waals surface area contributed by atoms with Crippen LogP contribution in [0.1, 0.15) is 40.2 Å². The zero-order chi connectivity index (χ0) is 20.4.